The van der Waals surface area contributed by atoms with Crippen molar-refractivity contribution < 1.29 is 13.2 Å². The lowest BCUT2D eigenvalue weighted by molar-refractivity contribution is -0.137. The maximum Gasteiger partial charge on any atom is 0.418 e. The van der Waals surface area contributed by atoms with Crippen LogP contribution in [-0.2, 0) is 12.6 Å². The molecule has 1 N–H and O–H groups in total. The maximum atomic E-state index is 13.6. The first kappa shape index (κ1) is 19.2. The van der Waals surface area contributed by atoms with E-state index in [1.54, 1.807) is 24.3 Å². The van der Waals surface area contributed by atoms with Gasteiger partial charge in [-0.15, -0.1) is 0 Å². The van der Waals surface area contributed by atoms with E-state index in [0.717, 1.165) is 24.5 Å². The lowest BCUT2D eigenvalue weighted by atomic mass is 10.0. The van der Waals surface area contributed by atoms with Gasteiger partial charge in [0.2, 0.25) is 0 Å². The largest absolute Gasteiger partial charge is 0.418 e. The van der Waals surface area contributed by atoms with Gasteiger partial charge in [0, 0.05) is 22.7 Å². The Bertz CT molecular complexity index is 1030. The van der Waals surface area contributed by atoms with E-state index in [9.17, 15) is 13.2 Å². The molecular weight excluding hydrogens is 410 g/mol. The molecule has 0 radical (unpaired) electrons. The van der Waals surface area contributed by atoms with E-state index in [-0.39, 0.29) is 5.69 Å². The third kappa shape index (κ3) is 3.47. The molecule has 1 aliphatic rings. The zero-order chi connectivity index (χ0) is 19.9. The third-order valence-corrected chi connectivity index (χ3v) is 5.30. The van der Waals surface area contributed by atoms with Gasteiger partial charge < -0.3 is 5.32 Å². The quantitative estimate of drug-likeness (QED) is 0.500. The smallest absolute Gasteiger partial charge is 0.370 e. The first-order chi connectivity index (χ1) is 13.4. The van der Waals surface area contributed by atoms with Gasteiger partial charge in [-0.05, 0) is 49.6 Å². The van der Waals surface area contributed by atoms with Gasteiger partial charge in [-0.2, -0.15) is 18.3 Å². The highest BCUT2D eigenvalue weighted by molar-refractivity contribution is 6.36. The summed E-state index contributed by atoms with van der Waals surface area (Å²) in [6.45, 7) is 0.667. The van der Waals surface area contributed by atoms with E-state index < -0.39 is 11.7 Å². The highest BCUT2D eigenvalue weighted by Crippen LogP contribution is 2.40. The van der Waals surface area contributed by atoms with Crippen LogP contribution in [0, 0.1) is 0 Å². The van der Waals surface area contributed by atoms with Crippen molar-refractivity contribution in [3.8, 4) is 16.9 Å². The maximum absolute atomic E-state index is 13.6. The fourth-order valence-corrected chi connectivity index (χ4v) is 3.97. The van der Waals surface area contributed by atoms with Crippen LogP contribution in [0.15, 0.2) is 42.5 Å². The Balaban J connectivity index is 1.97. The van der Waals surface area contributed by atoms with E-state index >= 15 is 0 Å². The minimum absolute atomic E-state index is 0.0167. The Morgan fingerprint density at radius 3 is 2.57 bits per heavy atom. The number of hydrogen-bond donors (Lipinski definition) is 1. The predicted octanol–water partition coefficient (Wildman–Crippen LogP) is 6.61. The molecule has 3 aromatic rings. The van der Waals surface area contributed by atoms with Gasteiger partial charge >= 0.3 is 6.18 Å². The molecule has 146 valence electrons. The zero-order valence-corrected chi connectivity index (χ0v) is 16.2. The standard InChI is InChI=1S/C20H16Cl2F3N3/c21-12-8-9-13(16(22)11-12)18-14-5-3-4-10-26-19(14)28(27-18)17-7-2-1-6-15(17)20(23,24)25/h1-2,6-9,11,26H,3-5,10H2. The van der Waals surface area contributed by atoms with Crippen LogP contribution < -0.4 is 5.32 Å². The monoisotopic (exact) mass is 425 g/mol. The first-order valence-electron chi connectivity index (χ1n) is 8.84. The second-order valence-corrected chi connectivity index (χ2v) is 7.45. The van der Waals surface area contributed by atoms with Crippen LogP contribution in [-0.4, -0.2) is 16.3 Å². The van der Waals surface area contributed by atoms with E-state index in [4.69, 9.17) is 23.2 Å². The molecule has 0 saturated carbocycles. The van der Waals surface area contributed by atoms with Crippen molar-refractivity contribution in [3.05, 3.63) is 63.6 Å². The van der Waals surface area contributed by atoms with Crippen molar-refractivity contribution in [3.63, 3.8) is 0 Å². The molecule has 0 aliphatic carbocycles. The molecule has 2 aromatic carbocycles. The van der Waals surface area contributed by atoms with Crippen molar-refractivity contribution in [2.45, 2.75) is 25.4 Å². The summed E-state index contributed by atoms with van der Waals surface area (Å²) in [6, 6.07) is 10.5. The Kier molecular flexibility index (Phi) is 5.02. The average Bonchev–Trinajstić information content (AvgIpc) is 2.83. The fourth-order valence-electron chi connectivity index (χ4n) is 3.47. The van der Waals surface area contributed by atoms with E-state index in [1.807, 2.05) is 0 Å². The summed E-state index contributed by atoms with van der Waals surface area (Å²) in [4.78, 5) is 0. The molecule has 1 aliphatic heterocycles. The molecule has 0 bridgehead atoms. The molecule has 0 atom stereocenters. The molecule has 0 spiro atoms. The number of alkyl halides is 3. The second-order valence-electron chi connectivity index (χ2n) is 6.61. The Labute approximate surface area is 170 Å². The molecule has 0 unspecified atom stereocenters. The number of rotatable bonds is 2. The number of benzene rings is 2. The van der Waals surface area contributed by atoms with Gasteiger partial charge in [-0.3, -0.25) is 0 Å². The zero-order valence-electron chi connectivity index (χ0n) is 14.7. The molecule has 1 aromatic heterocycles. The van der Waals surface area contributed by atoms with Crippen LogP contribution in [0.5, 0.6) is 0 Å². The van der Waals surface area contributed by atoms with Crippen molar-refractivity contribution in [1.82, 2.24) is 9.78 Å². The van der Waals surface area contributed by atoms with Crippen LogP contribution >= 0.6 is 23.2 Å². The number of halogens is 5. The van der Waals surface area contributed by atoms with E-state index in [1.165, 1.54) is 16.8 Å². The minimum atomic E-state index is -4.49. The summed E-state index contributed by atoms with van der Waals surface area (Å²) in [5.41, 5.74) is 1.33. The number of fused-ring (bicyclic) bond motifs is 1. The number of para-hydroxylation sites is 1. The highest BCUT2D eigenvalue weighted by atomic mass is 35.5. The molecule has 8 heteroatoms. The molecule has 4 rings (SSSR count). The number of nitrogens with one attached hydrogen (secondary N) is 1. The SMILES string of the molecule is FC(F)(F)c1ccccc1-n1nc(-c2ccc(Cl)cc2Cl)c2c1NCCCC2. The van der Waals surface area contributed by atoms with Crippen molar-refractivity contribution in [2.24, 2.45) is 0 Å². The van der Waals surface area contributed by atoms with Crippen LogP contribution in [0.1, 0.15) is 24.0 Å². The van der Waals surface area contributed by atoms with E-state index in [0.29, 0.717) is 40.1 Å². The summed E-state index contributed by atoms with van der Waals surface area (Å²) in [7, 11) is 0. The second kappa shape index (κ2) is 7.33. The van der Waals surface area contributed by atoms with Crippen molar-refractivity contribution in [2.75, 3.05) is 11.9 Å². The lowest BCUT2D eigenvalue weighted by Gasteiger charge is -2.15. The average molecular weight is 426 g/mol. The first-order valence-corrected chi connectivity index (χ1v) is 9.59. The molecule has 2 heterocycles. The van der Waals surface area contributed by atoms with Crippen molar-refractivity contribution in [1.29, 1.82) is 0 Å². The molecular formula is C20H16Cl2F3N3. The summed E-state index contributed by atoms with van der Waals surface area (Å²) in [6.07, 6.45) is -1.96. The normalized spacial score (nSPS) is 14.3. The van der Waals surface area contributed by atoms with Gasteiger partial charge in [-0.25, -0.2) is 4.68 Å². The predicted molar refractivity (Wildman–Crippen MR) is 105 cm³/mol. The molecule has 0 amide bonds. The van der Waals surface area contributed by atoms with Crippen LogP contribution in [0.25, 0.3) is 16.9 Å². The van der Waals surface area contributed by atoms with E-state index in [2.05, 4.69) is 10.4 Å². The van der Waals surface area contributed by atoms with Crippen LogP contribution in [0.4, 0.5) is 19.0 Å². The highest BCUT2D eigenvalue weighted by Gasteiger charge is 2.35. The van der Waals surface area contributed by atoms with Crippen LogP contribution in [0.3, 0.4) is 0 Å². The lowest BCUT2D eigenvalue weighted by Crippen LogP contribution is -2.14. The van der Waals surface area contributed by atoms with Gasteiger partial charge in [0.05, 0.1) is 22.0 Å². The van der Waals surface area contributed by atoms with Gasteiger partial charge in [0.25, 0.3) is 0 Å². The third-order valence-electron chi connectivity index (χ3n) is 4.75. The Morgan fingerprint density at radius 2 is 1.82 bits per heavy atom. The minimum Gasteiger partial charge on any atom is -0.370 e. The number of aromatic nitrogens is 2. The summed E-state index contributed by atoms with van der Waals surface area (Å²) in [5.74, 6) is 0.579. The number of nitrogens with zero attached hydrogens (tertiary/aromatic N) is 2. The van der Waals surface area contributed by atoms with Gasteiger partial charge in [0.15, 0.2) is 0 Å². The molecule has 28 heavy (non-hydrogen) atoms. The topological polar surface area (TPSA) is 29.9 Å². The Morgan fingerprint density at radius 1 is 1.04 bits per heavy atom. The molecule has 0 saturated heterocycles. The summed E-state index contributed by atoms with van der Waals surface area (Å²) in [5, 5.41) is 8.72. The molecule has 0 fully saturated rings. The number of anilines is 1. The van der Waals surface area contributed by atoms with Crippen molar-refractivity contribution >= 4 is 29.0 Å². The van der Waals surface area contributed by atoms with Gasteiger partial charge in [0.1, 0.15) is 5.82 Å². The fraction of sp³-hybridized carbons (Fsp3) is 0.250. The summed E-state index contributed by atoms with van der Waals surface area (Å²) >= 11 is 12.4. The summed E-state index contributed by atoms with van der Waals surface area (Å²) < 4.78 is 42.1. The van der Waals surface area contributed by atoms with Gasteiger partial charge in [-0.1, -0.05) is 35.3 Å². The number of hydrogen-bond acceptors (Lipinski definition) is 2. The molecule has 3 nitrogen and oxygen atoms in total. The Hall–Kier alpha value is -2.18. The van der Waals surface area contributed by atoms with Crippen LogP contribution in [0.2, 0.25) is 10.0 Å².